The highest BCUT2D eigenvalue weighted by atomic mass is 19.2. The van der Waals surface area contributed by atoms with Gasteiger partial charge < -0.3 is 4.74 Å². The zero-order valence-corrected chi connectivity index (χ0v) is 11.7. The van der Waals surface area contributed by atoms with Gasteiger partial charge in [0.25, 0.3) is 6.36 Å². The molecule has 1 aliphatic carbocycles. The van der Waals surface area contributed by atoms with Crippen molar-refractivity contribution in [3.8, 4) is 5.75 Å². The van der Waals surface area contributed by atoms with E-state index in [9.17, 15) is 18.0 Å². The van der Waals surface area contributed by atoms with E-state index in [-0.39, 0.29) is 11.7 Å². The van der Waals surface area contributed by atoms with Crippen LogP contribution in [-0.2, 0) is 11.2 Å². The molecular formula is C16H17F3O2. The third-order valence-electron chi connectivity index (χ3n) is 3.59. The Balaban J connectivity index is 2.14. The zero-order valence-electron chi connectivity index (χ0n) is 11.7. The van der Waals surface area contributed by atoms with Gasteiger partial charge in [0.15, 0.2) is 6.17 Å². The summed E-state index contributed by atoms with van der Waals surface area (Å²) in [5.74, 6) is 0.282. The lowest BCUT2D eigenvalue weighted by Gasteiger charge is -2.21. The van der Waals surface area contributed by atoms with E-state index in [2.05, 4.69) is 0 Å². The van der Waals surface area contributed by atoms with E-state index in [1.165, 1.54) is 6.07 Å². The molecule has 0 heterocycles. The van der Waals surface area contributed by atoms with Gasteiger partial charge in [-0.1, -0.05) is 13.0 Å². The molecule has 2 nitrogen and oxygen atoms in total. The minimum atomic E-state index is -2.18. The van der Waals surface area contributed by atoms with Crippen molar-refractivity contribution in [1.82, 2.24) is 0 Å². The summed E-state index contributed by atoms with van der Waals surface area (Å²) in [6, 6.07) is 4.86. The van der Waals surface area contributed by atoms with Gasteiger partial charge in [-0.15, -0.1) is 0 Å². The van der Waals surface area contributed by atoms with Crippen molar-refractivity contribution in [1.29, 1.82) is 0 Å². The van der Waals surface area contributed by atoms with E-state index in [1.54, 1.807) is 18.2 Å². The molecule has 1 aromatic carbocycles. The maximum atomic E-state index is 13.5. The van der Waals surface area contributed by atoms with Crippen LogP contribution in [0.1, 0.15) is 24.5 Å². The van der Waals surface area contributed by atoms with Crippen LogP contribution in [0, 0.1) is 5.92 Å². The number of allylic oxidation sites excluding steroid dienone is 1. The van der Waals surface area contributed by atoms with Crippen LogP contribution < -0.4 is 4.74 Å². The number of aldehydes is 1. The molecule has 114 valence electrons. The fourth-order valence-electron chi connectivity index (χ4n) is 2.33. The molecular weight excluding hydrogens is 281 g/mol. The lowest BCUT2D eigenvalue weighted by molar-refractivity contribution is -0.105. The fraction of sp³-hybridized carbons (Fsp3) is 0.438. The molecule has 0 bridgehead atoms. The first-order valence-corrected chi connectivity index (χ1v) is 6.85. The Morgan fingerprint density at radius 1 is 1.43 bits per heavy atom. The van der Waals surface area contributed by atoms with E-state index < -0.39 is 25.6 Å². The van der Waals surface area contributed by atoms with Gasteiger partial charge in [0.2, 0.25) is 0 Å². The second-order valence-corrected chi connectivity index (χ2v) is 5.19. The van der Waals surface area contributed by atoms with Crippen molar-refractivity contribution in [2.75, 3.05) is 6.67 Å². The van der Waals surface area contributed by atoms with Crippen molar-refractivity contribution >= 4 is 12.4 Å². The first-order chi connectivity index (χ1) is 10.0. The van der Waals surface area contributed by atoms with E-state index in [1.807, 2.05) is 6.92 Å². The lowest BCUT2D eigenvalue weighted by Crippen LogP contribution is -2.24. The predicted molar refractivity (Wildman–Crippen MR) is 74.4 cm³/mol. The lowest BCUT2D eigenvalue weighted by atomic mass is 9.85. The van der Waals surface area contributed by atoms with Crippen LogP contribution in [0.2, 0.25) is 0 Å². The van der Waals surface area contributed by atoms with Gasteiger partial charge in [0.05, 0.1) is 6.67 Å². The van der Waals surface area contributed by atoms with Crippen LogP contribution in [-0.4, -0.2) is 25.5 Å². The number of alkyl halides is 3. The molecule has 0 amide bonds. The summed E-state index contributed by atoms with van der Waals surface area (Å²) in [4.78, 5) is 10.9. The fourth-order valence-corrected chi connectivity index (χ4v) is 2.33. The van der Waals surface area contributed by atoms with E-state index in [0.29, 0.717) is 12.0 Å². The average molecular weight is 298 g/mol. The Kier molecular flexibility index (Phi) is 5.04. The van der Waals surface area contributed by atoms with E-state index in [0.717, 1.165) is 17.4 Å². The molecule has 1 aliphatic rings. The molecule has 0 aliphatic heterocycles. The molecule has 0 saturated carbocycles. The number of carbonyl (C=O) groups is 1. The molecule has 0 saturated heterocycles. The molecule has 2 rings (SSSR count). The van der Waals surface area contributed by atoms with Crippen LogP contribution in [0.4, 0.5) is 13.2 Å². The highest BCUT2D eigenvalue weighted by molar-refractivity contribution is 5.84. The van der Waals surface area contributed by atoms with E-state index >= 15 is 0 Å². The quantitative estimate of drug-likeness (QED) is 0.746. The maximum Gasteiger partial charge on any atom is 0.269 e. The Morgan fingerprint density at radius 3 is 2.86 bits per heavy atom. The molecule has 0 N–H and O–H groups in total. The van der Waals surface area contributed by atoms with Crippen LogP contribution in [0.3, 0.4) is 0 Å². The van der Waals surface area contributed by atoms with Crippen LogP contribution in [0.5, 0.6) is 5.75 Å². The minimum absolute atomic E-state index is 0.0758. The standard InChI is InChI=1S/C16H17F3O2/c1-10-6-12-8-14(21-16(19)15(18)4-5-17)3-2-11(12)7-13(10)9-20/h2-3,7-10,15-16H,4-6H2,1H3/t10-,15?,16?/m1/s1. The monoisotopic (exact) mass is 298 g/mol. The van der Waals surface area contributed by atoms with Crippen LogP contribution in [0.25, 0.3) is 6.08 Å². The topological polar surface area (TPSA) is 26.3 Å². The van der Waals surface area contributed by atoms with Crippen LogP contribution >= 0.6 is 0 Å². The maximum absolute atomic E-state index is 13.5. The van der Waals surface area contributed by atoms with Gasteiger partial charge in [-0.3, -0.25) is 9.18 Å². The SMILES string of the molecule is C[C@@H]1Cc2cc(OC(F)C(F)CCF)ccc2C=C1C=O. The van der Waals surface area contributed by atoms with Gasteiger partial charge in [-0.05, 0) is 47.2 Å². The van der Waals surface area contributed by atoms with Gasteiger partial charge >= 0.3 is 0 Å². The second kappa shape index (κ2) is 6.78. The smallest absolute Gasteiger partial charge is 0.269 e. The predicted octanol–water partition coefficient (Wildman–Crippen LogP) is 3.83. The molecule has 21 heavy (non-hydrogen) atoms. The van der Waals surface area contributed by atoms with Gasteiger partial charge in [-0.25, -0.2) is 4.39 Å². The number of hydrogen-bond donors (Lipinski definition) is 0. The van der Waals surface area contributed by atoms with Crippen LogP contribution in [0.15, 0.2) is 23.8 Å². The number of ether oxygens (including phenoxy) is 1. The Bertz CT molecular complexity index is 542. The summed E-state index contributed by atoms with van der Waals surface area (Å²) in [5, 5.41) is 0. The molecule has 5 heteroatoms. The Labute approximate surface area is 121 Å². The number of hydrogen-bond acceptors (Lipinski definition) is 2. The summed E-state index contributed by atoms with van der Waals surface area (Å²) in [6.07, 6.45) is -1.42. The summed E-state index contributed by atoms with van der Waals surface area (Å²) in [7, 11) is 0. The van der Waals surface area contributed by atoms with E-state index in [4.69, 9.17) is 4.74 Å². The van der Waals surface area contributed by atoms with Crippen molar-refractivity contribution < 1.29 is 22.7 Å². The molecule has 1 aromatic rings. The summed E-state index contributed by atoms with van der Waals surface area (Å²) < 4.78 is 43.5. The summed E-state index contributed by atoms with van der Waals surface area (Å²) in [5.41, 5.74) is 2.50. The Morgan fingerprint density at radius 2 is 2.19 bits per heavy atom. The number of rotatable bonds is 6. The largest absolute Gasteiger partial charge is 0.457 e. The van der Waals surface area contributed by atoms with Gasteiger partial charge in [0.1, 0.15) is 12.0 Å². The van der Waals surface area contributed by atoms with Crippen molar-refractivity contribution in [2.45, 2.75) is 32.3 Å². The highest BCUT2D eigenvalue weighted by Crippen LogP contribution is 2.30. The number of benzene rings is 1. The highest BCUT2D eigenvalue weighted by Gasteiger charge is 2.23. The second-order valence-electron chi connectivity index (χ2n) is 5.19. The minimum Gasteiger partial charge on any atom is -0.457 e. The van der Waals surface area contributed by atoms with Gasteiger partial charge in [0, 0.05) is 6.42 Å². The molecule has 0 fully saturated rings. The molecule has 2 unspecified atom stereocenters. The normalized spacial score (nSPS) is 20.2. The molecule has 3 atom stereocenters. The average Bonchev–Trinajstić information content (AvgIpc) is 2.46. The number of carbonyl (C=O) groups excluding carboxylic acids is 1. The van der Waals surface area contributed by atoms with Crippen molar-refractivity contribution in [2.24, 2.45) is 5.92 Å². The molecule has 0 aromatic heterocycles. The summed E-state index contributed by atoms with van der Waals surface area (Å²) in [6.45, 7) is 0.999. The Hall–Kier alpha value is -1.78. The first kappa shape index (κ1) is 15.6. The number of halogens is 3. The third kappa shape index (κ3) is 3.65. The molecule has 0 radical (unpaired) electrons. The summed E-state index contributed by atoms with van der Waals surface area (Å²) >= 11 is 0. The molecule has 0 spiro atoms. The first-order valence-electron chi connectivity index (χ1n) is 6.85. The van der Waals surface area contributed by atoms with Gasteiger partial charge in [-0.2, -0.15) is 4.39 Å². The zero-order chi connectivity index (χ0) is 15.4. The third-order valence-corrected chi connectivity index (χ3v) is 3.59. The number of fused-ring (bicyclic) bond motifs is 1. The van der Waals surface area contributed by atoms with Crippen molar-refractivity contribution in [3.63, 3.8) is 0 Å². The van der Waals surface area contributed by atoms with Crippen molar-refractivity contribution in [3.05, 3.63) is 34.9 Å².